The van der Waals surface area contributed by atoms with Gasteiger partial charge in [-0.1, -0.05) is 36.4 Å². The highest BCUT2D eigenvalue weighted by Gasteiger charge is 2.17. The molecule has 0 fully saturated rings. The topological polar surface area (TPSA) is 62.1 Å². The van der Waals surface area contributed by atoms with Crippen LogP contribution in [-0.4, -0.2) is 5.91 Å². The second kappa shape index (κ2) is 5.78. The number of hydrogen-bond donors (Lipinski definition) is 1. The number of nitriles is 1. The molecule has 1 atom stereocenters. The van der Waals surface area contributed by atoms with Crippen LogP contribution in [-0.2, 0) is 18.0 Å². The van der Waals surface area contributed by atoms with Crippen LogP contribution in [0.3, 0.4) is 0 Å². The van der Waals surface area contributed by atoms with Crippen LogP contribution in [0.15, 0.2) is 48.5 Å². The van der Waals surface area contributed by atoms with E-state index in [-0.39, 0.29) is 5.91 Å². The standard InChI is InChI=1S/C17H14N2O2/c18-9-16(12-4-2-1-3-5-12)19-17(20)13-6-7-14-10-21-11-15(14)8-13/h1-8,16H,10-11H2,(H,19,20). The highest BCUT2D eigenvalue weighted by Crippen LogP contribution is 2.21. The summed E-state index contributed by atoms with van der Waals surface area (Å²) in [4.78, 5) is 12.3. The van der Waals surface area contributed by atoms with E-state index >= 15 is 0 Å². The molecule has 4 nitrogen and oxygen atoms in total. The molecule has 1 unspecified atom stereocenters. The number of carbonyl (C=O) groups excluding carboxylic acids is 1. The van der Waals surface area contributed by atoms with E-state index < -0.39 is 6.04 Å². The van der Waals surface area contributed by atoms with Gasteiger partial charge in [0.15, 0.2) is 0 Å². The summed E-state index contributed by atoms with van der Waals surface area (Å²) >= 11 is 0. The van der Waals surface area contributed by atoms with Crippen molar-refractivity contribution in [2.45, 2.75) is 19.3 Å². The highest BCUT2D eigenvalue weighted by molar-refractivity contribution is 5.95. The highest BCUT2D eigenvalue weighted by atomic mass is 16.5. The number of carbonyl (C=O) groups is 1. The van der Waals surface area contributed by atoms with E-state index in [0.717, 1.165) is 16.7 Å². The summed E-state index contributed by atoms with van der Waals surface area (Å²) in [7, 11) is 0. The fourth-order valence-electron chi connectivity index (χ4n) is 2.36. The van der Waals surface area contributed by atoms with Crippen molar-refractivity contribution in [3.8, 4) is 6.07 Å². The molecule has 0 aliphatic carbocycles. The number of rotatable bonds is 3. The van der Waals surface area contributed by atoms with Crippen LogP contribution in [0.2, 0.25) is 0 Å². The zero-order valence-electron chi connectivity index (χ0n) is 11.4. The summed E-state index contributed by atoms with van der Waals surface area (Å²) in [5.41, 5.74) is 3.48. The van der Waals surface area contributed by atoms with Gasteiger partial charge < -0.3 is 10.1 Å². The summed E-state index contributed by atoms with van der Waals surface area (Å²) in [6.45, 7) is 1.14. The van der Waals surface area contributed by atoms with Crippen molar-refractivity contribution in [3.05, 3.63) is 70.8 Å². The second-order valence-corrected chi connectivity index (χ2v) is 4.92. The molecule has 3 rings (SSSR count). The average Bonchev–Trinajstić information content (AvgIpc) is 3.00. The van der Waals surface area contributed by atoms with Gasteiger partial charge in [-0.25, -0.2) is 0 Å². The molecule has 2 aromatic carbocycles. The Morgan fingerprint density at radius 3 is 2.67 bits per heavy atom. The Morgan fingerprint density at radius 1 is 1.14 bits per heavy atom. The first kappa shape index (κ1) is 13.3. The Morgan fingerprint density at radius 2 is 1.90 bits per heavy atom. The number of hydrogen-bond acceptors (Lipinski definition) is 3. The minimum Gasteiger partial charge on any atom is -0.372 e. The molecule has 0 spiro atoms. The summed E-state index contributed by atoms with van der Waals surface area (Å²) in [6, 6.07) is 16.2. The van der Waals surface area contributed by atoms with E-state index in [4.69, 9.17) is 4.74 Å². The normalized spacial score (nSPS) is 14.0. The number of benzene rings is 2. The van der Waals surface area contributed by atoms with E-state index in [0.29, 0.717) is 18.8 Å². The van der Waals surface area contributed by atoms with E-state index in [2.05, 4.69) is 11.4 Å². The molecular weight excluding hydrogens is 264 g/mol. The van der Waals surface area contributed by atoms with Gasteiger partial charge in [0.1, 0.15) is 6.04 Å². The first-order valence-corrected chi connectivity index (χ1v) is 6.73. The molecule has 2 aromatic rings. The molecule has 1 aliphatic heterocycles. The summed E-state index contributed by atoms with van der Waals surface area (Å²) in [5.74, 6) is -0.250. The summed E-state index contributed by atoms with van der Waals surface area (Å²) in [5, 5.41) is 12.0. The maximum absolute atomic E-state index is 12.3. The van der Waals surface area contributed by atoms with Crippen molar-refractivity contribution in [3.63, 3.8) is 0 Å². The maximum atomic E-state index is 12.3. The van der Waals surface area contributed by atoms with E-state index in [1.165, 1.54) is 0 Å². The summed E-state index contributed by atoms with van der Waals surface area (Å²) in [6.07, 6.45) is 0. The van der Waals surface area contributed by atoms with Crippen LogP contribution in [0.5, 0.6) is 0 Å². The lowest BCUT2D eigenvalue weighted by Crippen LogP contribution is -2.27. The van der Waals surface area contributed by atoms with Crippen molar-refractivity contribution >= 4 is 5.91 Å². The van der Waals surface area contributed by atoms with Crippen molar-refractivity contribution in [2.24, 2.45) is 0 Å². The van der Waals surface area contributed by atoms with Crippen LogP contribution in [0.25, 0.3) is 0 Å². The molecule has 1 N–H and O–H groups in total. The average molecular weight is 278 g/mol. The number of ether oxygens (including phenoxy) is 1. The van der Waals surface area contributed by atoms with E-state index in [9.17, 15) is 10.1 Å². The number of fused-ring (bicyclic) bond motifs is 1. The molecule has 1 aliphatic rings. The lowest BCUT2D eigenvalue weighted by Gasteiger charge is -2.12. The molecule has 4 heteroatoms. The Labute approximate surface area is 123 Å². The predicted octanol–water partition coefficient (Wildman–Crippen LogP) is 2.71. The van der Waals surface area contributed by atoms with Crippen LogP contribution in [0.4, 0.5) is 0 Å². The van der Waals surface area contributed by atoms with Crippen LogP contribution in [0, 0.1) is 11.3 Å². The van der Waals surface area contributed by atoms with Crippen LogP contribution < -0.4 is 5.32 Å². The number of nitrogens with zero attached hydrogens (tertiary/aromatic N) is 1. The molecule has 0 saturated carbocycles. The zero-order valence-corrected chi connectivity index (χ0v) is 11.4. The van der Waals surface area contributed by atoms with Crippen molar-refractivity contribution < 1.29 is 9.53 Å². The third-order valence-electron chi connectivity index (χ3n) is 3.52. The minimum atomic E-state index is -0.650. The third-order valence-corrected chi connectivity index (χ3v) is 3.52. The zero-order chi connectivity index (χ0) is 14.7. The SMILES string of the molecule is N#CC(NC(=O)c1ccc2c(c1)COC2)c1ccccc1. The lowest BCUT2D eigenvalue weighted by atomic mass is 10.0. The quantitative estimate of drug-likeness (QED) is 0.939. The third kappa shape index (κ3) is 2.78. The van der Waals surface area contributed by atoms with Gasteiger partial charge in [-0.2, -0.15) is 5.26 Å². The monoisotopic (exact) mass is 278 g/mol. The first-order valence-electron chi connectivity index (χ1n) is 6.73. The Bertz CT molecular complexity index is 704. The maximum Gasteiger partial charge on any atom is 0.252 e. The molecule has 1 heterocycles. The number of nitrogens with one attached hydrogen (secondary N) is 1. The van der Waals surface area contributed by atoms with E-state index in [1.807, 2.05) is 42.5 Å². The molecule has 104 valence electrons. The molecule has 1 amide bonds. The van der Waals surface area contributed by atoms with Gasteiger partial charge in [-0.05, 0) is 28.8 Å². The van der Waals surface area contributed by atoms with Gasteiger partial charge in [-0.15, -0.1) is 0 Å². The predicted molar refractivity (Wildman–Crippen MR) is 77.2 cm³/mol. The smallest absolute Gasteiger partial charge is 0.252 e. The van der Waals surface area contributed by atoms with Crippen molar-refractivity contribution in [1.29, 1.82) is 5.26 Å². The van der Waals surface area contributed by atoms with E-state index in [1.54, 1.807) is 6.07 Å². The van der Waals surface area contributed by atoms with Gasteiger partial charge in [0.2, 0.25) is 0 Å². The molecule has 0 saturated heterocycles. The van der Waals surface area contributed by atoms with Gasteiger partial charge in [0.05, 0.1) is 19.3 Å². The summed E-state index contributed by atoms with van der Waals surface area (Å²) < 4.78 is 5.34. The Kier molecular flexibility index (Phi) is 3.67. The fraction of sp³-hybridized carbons (Fsp3) is 0.176. The van der Waals surface area contributed by atoms with Gasteiger partial charge in [0.25, 0.3) is 5.91 Å². The molecule has 0 bridgehead atoms. The van der Waals surface area contributed by atoms with Crippen LogP contribution in [0.1, 0.15) is 33.1 Å². The van der Waals surface area contributed by atoms with Gasteiger partial charge in [0, 0.05) is 5.56 Å². The molecular formula is C17H14N2O2. The second-order valence-electron chi connectivity index (χ2n) is 4.92. The molecule has 21 heavy (non-hydrogen) atoms. The Hall–Kier alpha value is -2.64. The van der Waals surface area contributed by atoms with Crippen molar-refractivity contribution in [1.82, 2.24) is 5.32 Å². The lowest BCUT2D eigenvalue weighted by molar-refractivity contribution is 0.0945. The largest absolute Gasteiger partial charge is 0.372 e. The van der Waals surface area contributed by atoms with Crippen molar-refractivity contribution in [2.75, 3.05) is 0 Å². The van der Waals surface area contributed by atoms with Gasteiger partial charge in [-0.3, -0.25) is 4.79 Å². The molecule has 0 aromatic heterocycles. The fourth-order valence-corrected chi connectivity index (χ4v) is 2.36. The number of amides is 1. The minimum absolute atomic E-state index is 0.250. The Balaban J connectivity index is 1.78. The molecule has 0 radical (unpaired) electrons. The first-order chi connectivity index (χ1) is 10.3. The van der Waals surface area contributed by atoms with Gasteiger partial charge >= 0.3 is 0 Å². The van der Waals surface area contributed by atoms with Crippen LogP contribution >= 0.6 is 0 Å².